The summed E-state index contributed by atoms with van der Waals surface area (Å²) < 4.78 is 41.9. The molecular formula is C14H24ClFN4O2S. The number of rotatable bonds is 6. The minimum atomic E-state index is -3.50. The summed E-state index contributed by atoms with van der Waals surface area (Å²) in [6.07, 6.45) is 4.58. The summed E-state index contributed by atoms with van der Waals surface area (Å²) >= 11 is 0. The maximum Gasteiger partial charge on any atom is 0.279 e. The van der Waals surface area contributed by atoms with E-state index in [4.69, 9.17) is 0 Å². The smallest absolute Gasteiger partial charge is 0.279 e. The lowest BCUT2D eigenvalue weighted by Gasteiger charge is -2.21. The number of anilines is 1. The monoisotopic (exact) mass is 366 g/mol. The van der Waals surface area contributed by atoms with E-state index in [1.807, 2.05) is 4.90 Å². The molecule has 0 bridgehead atoms. The molecule has 2 atom stereocenters. The molecule has 2 heterocycles. The predicted octanol–water partition coefficient (Wildman–Crippen LogP) is 1.64. The molecule has 1 N–H and O–H groups in total. The van der Waals surface area contributed by atoms with Crippen LogP contribution >= 0.6 is 12.4 Å². The average Bonchev–Trinajstić information content (AvgIpc) is 2.82. The van der Waals surface area contributed by atoms with Crippen molar-refractivity contribution in [3.8, 4) is 0 Å². The Bertz CT molecular complexity index is 615. The van der Waals surface area contributed by atoms with Gasteiger partial charge in [0.05, 0.1) is 11.9 Å². The number of nitrogens with zero attached hydrogens (tertiary/aromatic N) is 3. The zero-order valence-corrected chi connectivity index (χ0v) is 15.2. The molecule has 0 aliphatic carbocycles. The summed E-state index contributed by atoms with van der Waals surface area (Å²) in [5, 5.41) is 0. The first-order valence-electron chi connectivity index (χ1n) is 7.39. The third-order valence-electron chi connectivity index (χ3n) is 3.97. The Morgan fingerprint density at radius 2 is 2.13 bits per heavy atom. The molecule has 0 saturated carbocycles. The second-order valence-corrected chi connectivity index (χ2v) is 7.71. The fraction of sp³-hybridized carbons (Fsp3) is 0.643. The van der Waals surface area contributed by atoms with Gasteiger partial charge in [-0.25, -0.2) is 4.39 Å². The molecule has 1 aromatic heterocycles. The van der Waals surface area contributed by atoms with Gasteiger partial charge in [0.25, 0.3) is 10.2 Å². The van der Waals surface area contributed by atoms with Gasteiger partial charge in [-0.2, -0.15) is 17.4 Å². The van der Waals surface area contributed by atoms with Crippen LogP contribution in [0.4, 0.5) is 10.1 Å². The molecule has 0 unspecified atom stereocenters. The molecule has 132 valence electrons. The molecule has 1 aliphatic heterocycles. The Morgan fingerprint density at radius 3 is 2.70 bits per heavy atom. The highest BCUT2D eigenvalue weighted by Crippen LogP contribution is 2.28. The molecule has 1 saturated heterocycles. The summed E-state index contributed by atoms with van der Waals surface area (Å²) in [7, 11) is -0.513. The van der Waals surface area contributed by atoms with E-state index in [1.54, 1.807) is 12.3 Å². The zero-order valence-electron chi connectivity index (χ0n) is 13.6. The van der Waals surface area contributed by atoms with Crippen LogP contribution in [-0.4, -0.2) is 50.9 Å². The van der Waals surface area contributed by atoms with Crippen LogP contribution in [0.2, 0.25) is 0 Å². The molecule has 1 aliphatic rings. The predicted molar refractivity (Wildman–Crippen MR) is 91.6 cm³/mol. The summed E-state index contributed by atoms with van der Waals surface area (Å²) in [5.74, 6) is -0.221. The van der Waals surface area contributed by atoms with Crippen LogP contribution < -0.4 is 9.62 Å². The van der Waals surface area contributed by atoms with E-state index in [-0.39, 0.29) is 30.2 Å². The third kappa shape index (κ3) is 4.76. The number of hydrogen-bond acceptors (Lipinski definition) is 4. The van der Waals surface area contributed by atoms with Crippen LogP contribution in [0, 0.1) is 11.7 Å². The molecule has 0 amide bonds. The van der Waals surface area contributed by atoms with Crippen molar-refractivity contribution >= 4 is 28.3 Å². The first-order chi connectivity index (χ1) is 10.3. The van der Waals surface area contributed by atoms with E-state index < -0.39 is 10.2 Å². The van der Waals surface area contributed by atoms with Gasteiger partial charge in [0.2, 0.25) is 0 Å². The normalized spacial score (nSPS) is 21.5. The number of aromatic nitrogens is 1. The Kier molecular flexibility index (Phi) is 7.19. The molecule has 1 fully saturated rings. The van der Waals surface area contributed by atoms with Crippen LogP contribution in [0.15, 0.2) is 18.5 Å². The standard InChI is InChI=1S/C14H23FN4O2S.ClH/c1-4-5-11-9-19(14-6-7-16-8-12(14)15)10-13(11)17-22(20,21)18(2)3;/h6-8,11,13,17H,4-5,9-10H2,1-3H3;1H/t11-,13-;/m0./s1. The highest BCUT2D eigenvalue weighted by molar-refractivity contribution is 7.87. The van der Waals surface area contributed by atoms with Gasteiger partial charge < -0.3 is 4.90 Å². The highest BCUT2D eigenvalue weighted by Gasteiger charge is 2.36. The second kappa shape index (κ2) is 8.23. The molecule has 0 aromatic carbocycles. The lowest BCUT2D eigenvalue weighted by Crippen LogP contribution is -2.45. The van der Waals surface area contributed by atoms with Crippen molar-refractivity contribution < 1.29 is 12.8 Å². The van der Waals surface area contributed by atoms with Crippen LogP contribution in [0.5, 0.6) is 0 Å². The first kappa shape index (κ1) is 20.1. The van der Waals surface area contributed by atoms with Gasteiger partial charge in [-0.05, 0) is 18.4 Å². The van der Waals surface area contributed by atoms with Crippen LogP contribution in [-0.2, 0) is 10.2 Å². The van der Waals surface area contributed by atoms with E-state index in [0.29, 0.717) is 18.8 Å². The molecule has 0 radical (unpaired) electrons. The number of halogens is 2. The summed E-state index contributed by atoms with van der Waals surface area (Å²) in [6, 6.07) is 1.40. The lowest BCUT2D eigenvalue weighted by atomic mass is 9.99. The van der Waals surface area contributed by atoms with Gasteiger partial charge in [0, 0.05) is 39.4 Å². The minimum absolute atomic E-state index is 0. The van der Waals surface area contributed by atoms with Crippen LogP contribution in [0.25, 0.3) is 0 Å². The quantitative estimate of drug-likeness (QED) is 0.831. The van der Waals surface area contributed by atoms with Gasteiger partial charge in [0.1, 0.15) is 0 Å². The summed E-state index contributed by atoms with van der Waals surface area (Å²) in [6.45, 7) is 3.15. The fourth-order valence-corrected chi connectivity index (χ4v) is 3.65. The van der Waals surface area contributed by atoms with E-state index in [2.05, 4.69) is 16.6 Å². The van der Waals surface area contributed by atoms with Gasteiger partial charge in [-0.1, -0.05) is 13.3 Å². The van der Waals surface area contributed by atoms with Crippen LogP contribution in [0.3, 0.4) is 0 Å². The molecule has 0 spiro atoms. The Balaban J connectivity index is 0.00000264. The van der Waals surface area contributed by atoms with Crippen molar-refractivity contribution in [1.82, 2.24) is 14.0 Å². The van der Waals surface area contributed by atoms with E-state index >= 15 is 0 Å². The minimum Gasteiger partial charge on any atom is -0.367 e. The van der Waals surface area contributed by atoms with Crippen molar-refractivity contribution in [2.75, 3.05) is 32.1 Å². The Morgan fingerprint density at radius 1 is 1.43 bits per heavy atom. The van der Waals surface area contributed by atoms with E-state index in [9.17, 15) is 12.8 Å². The third-order valence-corrected chi connectivity index (χ3v) is 5.54. The van der Waals surface area contributed by atoms with E-state index in [1.165, 1.54) is 20.3 Å². The molecule has 1 aromatic rings. The second-order valence-electron chi connectivity index (χ2n) is 5.79. The van der Waals surface area contributed by atoms with Crippen LogP contribution in [0.1, 0.15) is 19.8 Å². The zero-order chi connectivity index (χ0) is 16.3. The molecule has 6 nitrogen and oxygen atoms in total. The fourth-order valence-electron chi connectivity index (χ4n) is 2.79. The molecular weight excluding hydrogens is 343 g/mol. The Labute approximate surface area is 143 Å². The number of nitrogens with one attached hydrogen (secondary N) is 1. The largest absolute Gasteiger partial charge is 0.367 e. The summed E-state index contributed by atoms with van der Waals surface area (Å²) in [5.41, 5.74) is 0.475. The van der Waals surface area contributed by atoms with Gasteiger partial charge in [0.15, 0.2) is 5.82 Å². The van der Waals surface area contributed by atoms with Gasteiger partial charge >= 0.3 is 0 Å². The lowest BCUT2D eigenvalue weighted by molar-refractivity contribution is 0.424. The number of pyridine rings is 1. The van der Waals surface area contributed by atoms with Gasteiger partial charge in [-0.3, -0.25) is 4.98 Å². The van der Waals surface area contributed by atoms with E-state index in [0.717, 1.165) is 17.1 Å². The average molecular weight is 367 g/mol. The first-order valence-corrected chi connectivity index (χ1v) is 8.83. The van der Waals surface area contributed by atoms with Gasteiger partial charge in [-0.15, -0.1) is 12.4 Å². The highest BCUT2D eigenvalue weighted by atomic mass is 35.5. The van der Waals surface area contributed by atoms with Crippen molar-refractivity contribution in [2.24, 2.45) is 5.92 Å². The number of hydrogen-bond donors (Lipinski definition) is 1. The van der Waals surface area contributed by atoms with Crippen molar-refractivity contribution in [2.45, 2.75) is 25.8 Å². The molecule has 23 heavy (non-hydrogen) atoms. The van der Waals surface area contributed by atoms with Crippen molar-refractivity contribution in [3.63, 3.8) is 0 Å². The van der Waals surface area contributed by atoms with Crippen molar-refractivity contribution in [3.05, 3.63) is 24.3 Å². The SMILES string of the molecule is CCC[C@H]1CN(c2ccncc2F)C[C@@H]1NS(=O)(=O)N(C)C.Cl. The molecule has 2 rings (SSSR count). The van der Waals surface area contributed by atoms with Crippen molar-refractivity contribution in [1.29, 1.82) is 0 Å². The maximum atomic E-state index is 13.9. The topological polar surface area (TPSA) is 65.5 Å². The molecule has 9 heteroatoms. The Hall–Kier alpha value is -0.960. The maximum absolute atomic E-state index is 13.9. The summed E-state index contributed by atoms with van der Waals surface area (Å²) in [4.78, 5) is 5.64.